The maximum Gasteiger partial charge on any atom is 0.328 e. The van der Waals surface area contributed by atoms with Gasteiger partial charge in [-0.1, -0.05) is 12.6 Å². The highest BCUT2D eigenvalue weighted by Gasteiger charge is 2.45. The highest BCUT2D eigenvalue weighted by atomic mass is 16.5. The van der Waals surface area contributed by atoms with Crippen LogP contribution in [0.1, 0.15) is 56.0 Å². The Labute approximate surface area is 187 Å². The lowest BCUT2D eigenvalue weighted by molar-refractivity contribution is -0.120. The van der Waals surface area contributed by atoms with Crippen molar-refractivity contribution < 1.29 is 14.3 Å². The average Bonchev–Trinajstić information content (AvgIpc) is 3.46. The van der Waals surface area contributed by atoms with Gasteiger partial charge >= 0.3 is 6.03 Å². The summed E-state index contributed by atoms with van der Waals surface area (Å²) < 4.78 is 8.66. The number of anilines is 1. The van der Waals surface area contributed by atoms with Gasteiger partial charge in [0.1, 0.15) is 5.65 Å². The number of carbonyl (C=O) groups excluding carboxylic acids is 2. The normalized spacial score (nSPS) is 25.4. The molecule has 1 atom stereocenters. The van der Waals surface area contributed by atoms with Gasteiger partial charge in [0, 0.05) is 30.5 Å². The molecule has 3 saturated heterocycles. The number of aromatic nitrogens is 2. The van der Waals surface area contributed by atoms with E-state index in [0.717, 1.165) is 48.6 Å². The predicted molar refractivity (Wildman–Crippen MR) is 120 cm³/mol. The molecule has 9 heteroatoms. The SMILES string of the molecule is N#CB1CCC2(CC1)C[C@H](n1cc(C3CC3)c3cc(N4CCC(=O)NC4=O)cnc31)CO2. The van der Waals surface area contributed by atoms with Crippen LogP contribution >= 0.6 is 0 Å². The molecule has 164 valence electrons. The Morgan fingerprint density at radius 2 is 2.09 bits per heavy atom. The predicted octanol–water partition coefficient (Wildman–Crippen LogP) is 3.41. The summed E-state index contributed by atoms with van der Waals surface area (Å²) in [6.45, 7) is 1.21. The first-order valence-corrected chi connectivity index (χ1v) is 11.7. The lowest BCUT2D eigenvalue weighted by atomic mass is 9.41. The van der Waals surface area contributed by atoms with Crippen LogP contribution in [0.25, 0.3) is 11.0 Å². The molecule has 0 bridgehead atoms. The van der Waals surface area contributed by atoms with Crippen molar-refractivity contribution in [3.63, 3.8) is 0 Å². The number of nitriles is 1. The maximum absolute atomic E-state index is 12.3. The molecule has 8 nitrogen and oxygen atoms in total. The van der Waals surface area contributed by atoms with Crippen LogP contribution in [-0.4, -0.2) is 47.0 Å². The molecule has 3 amide bonds. The summed E-state index contributed by atoms with van der Waals surface area (Å²) >= 11 is 0. The van der Waals surface area contributed by atoms with Gasteiger partial charge in [-0.05, 0) is 49.7 Å². The summed E-state index contributed by atoms with van der Waals surface area (Å²) in [5, 5.41) is 12.7. The molecule has 3 aliphatic heterocycles. The first-order valence-electron chi connectivity index (χ1n) is 11.7. The fourth-order valence-electron chi connectivity index (χ4n) is 5.72. The molecule has 1 spiro atoms. The minimum absolute atomic E-state index is 0.104. The van der Waals surface area contributed by atoms with Crippen LogP contribution < -0.4 is 10.2 Å². The number of nitrogens with zero attached hydrogens (tertiary/aromatic N) is 4. The van der Waals surface area contributed by atoms with Crippen LogP contribution in [0.15, 0.2) is 18.5 Å². The standard InChI is InChI=1S/C23H26BN5O3/c25-14-24-6-4-23(5-7-24)10-17(13-32-23)29-12-19(15-1-2-15)18-9-16(11-26-21(18)29)28-8-3-20(30)27-22(28)31/h9,11-12,15,17H,1-8,10,13H2,(H,27,30,31)/t17-/m0/s1. The number of hydrogen-bond acceptors (Lipinski definition) is 5. The quantitative estimate of drug-likeness (QED) is 0.751. The molecule has 5 heterocycles. The van der Waals surface area contributed by atoms with Gasteiger partial charge in [-0.15, -0.1) is 0 Å². The summed E-state index contributed by atoms with van der Waals surface area (Å²) in [6.07, 6.45) is 11.4. The minimum Gasteiger partial charge on any atom is -0.373 e. The molecule has 1 aliphatic carbocycles. The zero-order valence-corrected chi connectivity index (χ0v) is 18.0. The van der Waals surface area contributed by atoms with Gasteiger partial charge in [-0.25, -0.2) is 15.0 Å². The largest absolute Gasteiger partial charge is 0.373 e. The Bertz CT molecular complexity index is 1140. The van der Waals surface area contributed by atoms with Gasteiger partial charge in [0.15, 0.2) is 0 Å². The fraction of sp³-hybridized carbons (Fsp3) is 0.565. The molecule has 0 radical (unpaired) electrons. The molecule has 32 heavy (non-hydrogen) atoms. The Balaban J connectivity index is 1.31. The first kappa shape index (κ1) is 19.8. The van der Waals surface area contributed by atoms with E-state index >= 15 is 0 Å². The van der Waals surface area contributed by atoms with E-state index in [1.54, 1.807) is 11.1 Å². The maximum atomic E-state index is 12.3. The van der Waals surface area contributed by atoms with Crippen molar-refractivity contribution in [3.05, 3.63) is 24.0 Å². The molecule has 0 aromatic carbocycles. The number of urea groups is 1. The summed E-state index contributed by atoms with van der Waals surface area (Å²) in [6, 6.07) is 1.91. The molecular formula is C23H26BN5O3. The molecule has 4 aliphatic rings. The van der Waals surface area contributed by atoms with Crippen LogP contribution in [-0.2, 0) is 9.53 Å². The van der Waals surface area contributed by atoms with Crippen LogP contribution in [0.4, 0.5) is 10.5 Å². The molecular weight excluding hydrogens is 405 g/mol. The zero-order valence-electron chi connectivity index (χ0n) is 18.0. The third kappa shape index (κ3) is 3.29. The van der Waals surface area contributed by atoms with E-state index in [9.17, 15) is 14.9 Å². The van der Waals surface area contributed by atoms with Gasteiger partial charge in [0.25, 0.3) is 6.71 Å². The summed E-state index contributed by atoms with van der Waals surface area (Å²) in [7, 11) is 0. The number of rotatable bonds is 3. The van der Waals surface area contributed by atoms with Gasteiger partial charge < -0.3 is 9.30 Å². The fourth-order valence-corrected chi connectivity index (χ4v) is 5.72. The van der Waals surface area contributed by atoms with Crippen LogP contribution in [0.2, 0.25) is 12.6 Å². The van der Waals surface area contributed by atoms with Gasteiger partial charge in [0.2, 0.25) is 5.91 Å². The average molecular weight is 431 g/mol. The number of imide groups is 1. The Morgan fingerprint density at radius 3 is 2.81 bits per heavy atom. The van der Waals surface area contributed by atoms with E-state index in [1.807, 2.05) is 0 Å². The second-order valence-electron chi connectivity index (χ2n) is 9.84. The highest BCUT2D eigenvalue weighted by Crippen LogP contribution is 2.48. The Kier molecular flexibility index (Phi) is 4.54. The molecule has 4 fully saturated rings. The second-order valence-corrected chi connectivity index (χ2v) is 9.84. The third-order valence-electron chi connectivity index (χ3n) is 7.73. The summed E-state index contributed by atoms with van der Waals surface area (Å²) in [4.78, 5) is 30.3. The van der Waals surface area contributed by atoms with Crippen molar-refractivity contribution >= 4 is 35.4 Å². The van der Waals surface area contributed by atoms with Crippen LogP contribution in [0.5, 0.6) is 0 Å². The van der Waals surface area contributed by atoms with Gasteiger partial charge in [0.05, 0.1) is 30.1 Å². The molecule has 2 aromatic rings. The van der Waals surface area contributed by atoms with Gasteiger partial charge in [-0.2, -0.15) is 0 Å². The topological polar surface area (TPSA) is 100 Å². The van der Waals surface area contributed by atoms with E-state index in [-0.39, 0.29) is 30.3 Å². The Morgan fingerprint density at radius 1 is 1.28 bits per heavy atom. The number of hydrogen-bond donors (Lipinski definition) is 1. The monoisotopic (exact) mass is 431 g/mol. The van der Waals surface area contributed by atoms with Crippen LogP contribution in [0.3, 0.4) is 0 Å². The zero-order chi connectivity index (χ0) is 21.9. The van der Waals surface area contributed by atoms with Gasteiger partial charge in [-0.3, -0.25) is 15.0 Å². The van der Waals surface area contributed by atoms with E-state index in [1.165, 1.54) is 18.4 Å². The molecule has 0 unspecified atom stereocenters. The lowest BCUT2D eigenvalue weighted by Crippen LogP contribution is -2.49. The minimum atomic E-state index is -0.381. The molecule has 6 rings (SSSR count). The summed E-state index contributed by atoms with van der Waals surface area (Å²) in [5.41, 5.74) is 2.88. The van der Waals surface area contributed by atoms with Crippen LogP contribution in [0, 0.1) is 11.2 Å². The number of carbonyl (C=O) groups is 2. The Hall–Kier alpha value is -2.86. The third-order valence-corrected chi connectivity index (χ3v) is 7.73. The molecule has 2 aromatic heterocycles. The highest BCUT2D eigenvalue weighted by molar-refractivity contribution is 6.67. The van der Waals surface area contributed by atoms with Crippen molar-refractivity contribution in [3.8, 4) is 5.97 Å². The van der Waals surface area contributed by atoms with E-state index in [2.05, 4.69) is 28.1 Å². The van der Waals surface area contributed by atoms with Crippen molar-refractivity contribution in [1.29, 1.82) is 5.26 Å². The molecule has 1 saturated carbocycles. The number of nitrogens with one attached hydrogen (secondary N) is 1. The van der Waals surface area contributed by atoms with E-state index in [4.69, 9.17) is 9.72 Å². The van der Waals surface area contributed by atoms with Crippen molar-refractivity contribution in [2.45, 2.75) is 68.7 Å². The van der Waals surface area contributed by atoms with Crippen molar-refractivity contribution in [2.24, 2.45) is 0 Å². The number of ether oxygens (including phenoxy) is 1. The first-order chi connectivity index (χ1) is 15.5. The second kappa shape index (κ2) is 7.34. The number of amides is 3. The van der Waals surface area contributed by atoms with Crippen molar-refractivity contribution in [2.75, 3.05) is 18.1 Å². The number of fused-ring (bicyclic) bond motifs is 1. The lowest BCUT2D eigenvalue weighted by Gasteiger charge is -2.33. The van der Waals surface area contributed by atoms with E-state index in [0.29, 0.717) is 25.5 Å². The molecule has 1 N–H and O–H groups in total. The smallest absolute Gasteiger partial charge is 0.328 e. The van der Waals surface area contributed by atoms with Crippen molar-refractivity contribution in [1.82, 2.24) is 14.9 Å². The van der Waals surface area contributed by atoms with E-state index < -0.39 is 0 Å². The summed E-state index contributed by atoms with van der Waals surface area (Å²) in [5.74, 6) is 2.73. The number of pyridine rings is 1.